The molecule has 0 aromatic heterocycles. The Bertz CT molecular complexity index is 326. The molecule has 2 aliphatic rings. The molecule has 0 aliphatic carbocycles. The van der Waals surface area contributed by atoms with Gasteiger partial charge in [-0.15, -0.1) is 0 Å². The minimum Gasteiger partial charge on any atom is -0.341 e. The Morgan fingerprint density at radius 3 is 2.56 bits per heavy atom. The maximum Gasteiger partial charge on any atom is 0.242 e. The second-order valence-electron chi connectivity index (χ2n) is 5.48. The van der Waals surface area contributed by atoms with Crippen molar-refractivity contribution in [1.82, 2.24) is 15.1 Å². The van der Waals surface area contributed by atoms with Crippen molar-refractivity contribution < 1.29 is 9.59 Å². The molecule has 0 radical (unpaired) electrons. The molecule has 2 atom stereocenters. The second-order valence-corrected chi connectivity index (χ2v) is 5.48. The molecule has 0 bridgehead atoms. The van der Waals surface area contributed by atoms with E-state index in [1.807, 2.05) is 4.90 Å². The molecule has 102 valence electrons. The van der Waals surface area contributed by atoms with Crippen LogP contribution in [0.25, 0.3) is 0 Å². The van der Waals surface area contributed by atoms with Gasteiger partial charge in [-0.25, -0.2) is 0 Å². The summed E-state index contributed by atoms with van der Waals surface area (Å²) in [5.41, 5.74) is 0. The molecule has 2 heterocycles. The van der Waals surface area contributed by atoms with Gasteiger partial charge in [-0.2, -0.15) is 0 Å². The Morgan fingerprint density at radius 1 is 1.33 bits per heavy atom. The molecular formula is C13H23N3O2. The van der Waals surface area contributed by atoms with Crippen LogP contribution in [0.2, 0.25) is 0 Å². The minimum absolute atomic E-state index is 0.0487. The van der Waals surface area contributed by atoms with Gasteiger partial charge in [-0.05, 0) is 31.7 Å². The molecule has 5 heteroatoms. The summed E-state index contributed by atoms with van der Waals surface area (Å²) in [7, 11) is 1.73. The molecule has 0 aromatic rings. The lowest BCUT2D eigenvalue weighted by molar-refractivity contribution is -0.140. The molecule has 2 amide bonds. The van der Waals surface area contributed by atoms with Gasteiger partial charge in [0.05, 0.1) is 12.6 Å². The fourth-order valence-corrected chi connectivity index (χ4v) is 2.75. The summed E-state index contributed by atoms with van der Waals surface area (Å²) in [6.45, 7) is 4.88. The maximum atomic E-state index is 12.2. The highest BCUT2D eigenvalue weighted by atomic mass is 16.2. The van der Waals surface area contributed by atoms with Crippen molar-refractivity contribution in [2.24, 2.45) is 5.92 Å². The first-order chi connectivity index (χ1) is 8.59. The molecule has 2 fully saturated rings. The molecule has 1 N–H and O–H groups in total. The first-order valence-electron chi connectivity index (χ1n) is 6.85. The van der Waals surface area contributed by atoms with Gasteiger partial charge in [0.1, 0.15) is 0 Å². The van der Waals surface area contributed by atoms with E-state index in [-0.39, 0.29) is 24.4 Å². The van der Waals surface area contributed by atoms with Crippen LogP contribution in [0, 0.1) is 5.92 Å². The lowest BCUT2D eigenvalue weighted by Crippen LogP contribution is -2.47. The lowest BCUT2D eigenvalue weighted by atomic mass is 10.0. The van der Waals surface area contributed by atoms with Crippen molar-refractivity contribution in [3.63, 3.8) is 0 Å². The van der Waals surface area contributed by atoms with Crippen molar-refractivity contribution in [1.29, 1.82) is 0 Å². The number of nitrogens with zero attached hydrogens (tertiary/aromatic N) is 2. The van der Waals surface area contributed by atoms with Gasteiger partial charge in [0, 0.05) is 20.1 Å². The van der Waals surface area contributed by atoms with E-state index in [9.17, 15) is 9.59 Å². The number of nitrogens with one attached hydrogen (secondary N) is 1. The van der Waals surface area contributed by atoms with E-state index in [1.54, 1.807) is 11.9 Å². The first-order valence-corrected chi connectivity index (χ1v) is 6.85. The maximum absolute atomic E-state index is 12.2. The Morgan fingerprint density at radius 2 is 2.00 bits per heavy atom. The number of carbonyl (C=O) groups is 2. The van der Waals surface area contributed by atoms with E-state index >= 15 is 0 Å². The molecule has 0 saturated carbocycles. The summed E-state index contributed by atoms with van der Waals surface area (Å²) < 4.78 is 0. The third-order valence-electron chi connectivity index (χ3n) is 4.01. The van der Waals surface area contributed by atoms with Crippen LogP contribution in [0.15, 0.2) is 0 Å². The predicted octanol–water partition coefficient (Wildman–Crippen LogP) is 0.0652. The number of likely N-dealkylation sites (N-methyl/N-ethyl adjacent to an activating group) is 1. The van der Waals surface area contributed by atoms with Crippen molar-refractivity contribution >= 4 is 11.8 Å². The Kier molecular flexibility index (Phi) is 4.22. The topological polar surface area (TPSA) is 52.7 Å². The molecule has 5 nitrogen and oxygen atoms in total. The summed E-state index contributed by atoms with van der Waals surface area (Å²) in [5.74, 6) is 0.489. The van der Waals surface area contributed by atoms with Gasteiger partial charge >= 0.3 is 0 Å². The van der Waals surface area contributed by atoms with Crippen LogP contribution < -0.4 is 5.32 Å². The van der Waals surface area contributed by atoms with E-state index in [2.05, 4.69) is 12.2 Å². The fraction of sp³-hybridized carbons (Fsp3) is 0.846. The van der Waals surface area contributed by atoms with E-state index in [1.165, 1.54) is 0 Å². The van der Waals surface area contributed by atoms with Gasteiger partial charge in [-0.1, -0.05) is 6.92 Å². The number of likely N-dealkylation sites (tertiary alicyclic amines) is 1. The first kappa shape index (κ1) is 13.3. The number of amides is 2. The highest BCUT2D eigenvalue weighted by Crippen LogP contribution is 2.16. The van der Waals surface area contributed by atoms with Crippen molar-refractivity contribution in [2.45, 2.75) is 32.2 Å². The predicted molar refractivity (Wildman–Crippen MR) is 69.0 cm³/mol. The van der Waals surface area contributed by atoms with Crippen molar-refractivity contribution in [3.05, 3.63) is 0 Å². The highest BCUT2D eigenvalue weighted by molar-refractivity contribution is 5.87. The van der Waals surface area contributed by atoms with Gasteiger partial charge in [-0.3, -0.25) is 9.59 Å². The zero-order valence-electron chi connectivity index (χ0n) is 11.3. The average Bonchev–Trinajstić information content (AvgIpc) is 2.98. The zero-order chi connectivity index (χ0) is 13.1. The minimum atomic E-state index is -0.110. The second kappa shape index (κ2) is 5.69. The number of hydrogen-bond donors (Lipinski definition) is 1. The summed E-state index contributed by atoms with van der Waals surface area (Å²) in [4.78, 5) is 27.6. The zero-order valence-corrected chi connectivity index (χ0v) is 11.3. The Hall–Kier alpha value is -1.10. The highest BCUT2D eigenvalue weighted by Gasteiger charge is 2.32. The molecule has 0 aromatic carbocycles. The molecule has 2 saturated heterocycles. The quantitative estimate of drug-likeness (QED) is 0.774. The smallest absolute Gasteiger partial charge is 0.242 e. The van der Waals surface area contributed by atoms with Crippen LogP contribution in [0.3, 0.4) is 0 Å². The van der Waals surface area contributed by atoms with E-state index < -0.39 is 0 Å². The lowest BCUT2D eigenvalue weighted by Gasteiger charge is -2.25. The SMILES string of the molecule is CC1CCNC1C(=O)N(C)CC(=O)N1CCCC1. The third-order valence-corrected chi connectivity index (χ3v) is 4.01. The summed E-state index contributed by atoms with van der Waals surface area (Å²) >= 11 is 0. The van der Waals surface area contributed by atoms with Gasteiger partial charge in [0.15, 0.2) is 0 Å². The monoisotopic (exact) mass is 253 g/mol. The van der Waals surface area contributed by atoms with Gasteiger partial charge in [0.2, 0.25) is 11.8 Å². The third kappa shape index (κ3) is 2.83. The van der Waals surface area contributed by atoms with Crippen LogP contribution in [-0.4, -0.2) is 60.9 Å². The van der Waals surface area contributed by atoms with Crippen LogP contribution in [0.1, 0.15) is 26.2 Å². The molecular weight excluding hydrogens is 230 g/mol. The fourth-order valence-electron chi connectivity index (χ4n) is 2.75. The Balaban J connectivity index is 1.84. The van der Waals surface area contributed by atoms with E-state index in [4.69, 9.17) is 0 Å². The largest absolute Gasteiger partial charge is 0.341 e. The van der Waals surface area contributed by atoms with E-state index in [0.717, 1.165) is 38.9 Å². The summed E-state index contributed by atoms with van der Waals surface area (Å²) in [6, 6.07) is -0.110. The molecule has 18 heavy (non-hydrogen) atoms. The average molecular weight is 253 g/mol. The van der Waals surface area contributed by atoms with Crippen LogP contribution in [-0.2, 0) is 9.59 Å². The number of rotatable bonds is 3. The van der Waals surface area contributed by atoms with Gasteiger partial charge < -0.3 is 15.1 Å². The number of carbonyl (C=O) groups excluding carboxylic acids is 2. The summed E-state index contributed by atoms with van der Waals surface area (Å²) in [5, 5.41) is 3.21. The van der Waals surface area contributed by atoms with Crippen LogP contribution in [0.4, 0.5) is 0 Å². The van der Waals surface area contributed by atoms with Gasteiger partial charge in [0.25, 0.3) is 0 Å². The van der Waals surface area contributed by atoms with E-state index in [0.29, 0.717) is 5.92 Å². The molecule has 2 aliphatic heterocycles. The van der Waals surface area contributed by atoms with Crippen LogP contribution >= 0.6 is 0 Å². The molecule has 0 spiro atoms. The molecule has 2 rings (SSSR count). The van der Waals surface area contributed by atoms with Crippen molar-refractivity contribution in [3.8, 4) is 0 Å². The normalized spacial score (nSPS) is 27.6. The standard InChI is InChI=1S/C13H23N3O2/c1-10-5-6-14-12(10)13(18)15(2)9-11(17)16-7-3-4-8-16/h10,12,14H,3-9H2,1-2H3. The number of hydrogen-bond acceptors (Lipinski definition) is 3. The van der Waals surface area contributed by atoms with Crippen LogP contribution in [0.5, 0.6) is 0 Å². The van der Waals surface area contributed by atoms with Crippen molar-refractivity contribution in [2.75, 3.05) is 33.2 Å². The molecule has 2 unspecified atom stereocenters. The summed E-state index contributed by atoms with van der Waals surface area (Å²) in [6.07, 6.45) is 3.21. The Labute approximate surface area is 108 Å².